The van der Waals surface area contributed by atoms with Gasteiger partial charge in [-0.25, -0.2) is 0 Å². The average molecular weight is 349 g/mol. The maximum atomic E-state index is 12.3. The van der Waals surface area contributed by atoms with Crippen molar-refractivity contribution in [3.63, 3.8) is 0 Å². The van der Waals surface area contributed by atoms with Crippen molar-refractivity contribution in [1.82, 2.24) is 15.2 Å². The van der Waals surface area contributed by atoms with Crippen molar-refractivity contribution in [3.05, 3.63) is 71.4 Å². The molecule has 0 fully saturated rings. The summed E-state index contributed by atoms with van der Waals surface area (Å²) in [7, 11) is 0. The molecule has 4 heteroatoms. The Morgan fingerprint density at radius 2 is 1.69 bits per heavy atom. The summed E-state index contributed by atoms with van der Waals surface area (Å²) in [6.07, 6.45) is 2.32. The number of aromatic amines is 1. The van der Waals surface area contributed by atoms with Gasteiger partial charge in [-0.3, -0.25) is 9.69 Å². The maximum absolute atomic E-state index is 12.3. The van der Waals surface area contributed by atoms with Gasteiger partial charge < -0.3 is 10.3 Å². The third-order valence-corrected chi connectivity index (χ3v) is 4.84. The molecule has 0 unspecified atom stereocenters. The molecule has 0 aliphatic rings. The van der Waals surface area contributed by atoms with Crippen LogP contribution in [0.3, 0.4) is 0 Å². The summed E-state index contributed by atoms with van der Waals surface area (Å²) < 4.78 is 0. The van der Waals surface area contributed by atoms with Gasteiger partial charge >= 0.3 is 0 Å². The van der Waals surface area contributed by atoms with Crippen LogP contribution in [0.15, 0.2) is 54.7 Å². The van der Waals surface area contributed by atoms with Gasteiger partial charge in [-0.2, -0.15) is 0 Å². The molecule has 2 aromatic carbocycles. The molecular formula is C22H27N3O. The highest BCUT2D eigenvalue weighted by atomic mass is 16.1. The SMILES string of the molecule is CCN(CC)Cc1ccc(CNC(=O)Cc2c[nH]c3ccccc23)cc1. The first kappa shape index (κ1) is 18.2. The molecule has 3 aromatic rings. The highest BCUT2D eigenvalue weighted by molar-refractivity contribution is 5.88. The molecule has 136 valence electrons. The number of nitrogens with one attached hydrogen (secondary N) is 2. The lowest BCUT2D eigenvalue weighted by Gasteiger charge is -2.18. The topological polar surface area (TPSA) is 48.1 Å². The summed E-state index contributed by atoms with van der Waals surface area (Å²) in [4.78, 5) is 17.9. The van der Waals surface area contributed by atoms with Crippen LogP contribution in [0, 0.1) is 0 Å². The normalized spacial score (nSPS) is 11.2. The van der Waals surface area contributed by atoms with Crippen molar-refractivity contribution in [2.45, 2.75) is 33.4 Å². The predicted octanol–water partition coefficient (Wildman–Crippen LogP) is 3.87. The molecule has 0 radical (unpaired) electrons. The summed E-state index contributed by atoms with van der Waals surface area (Å²) in [6, 6.07) is 16.6. The quantitative estimate of drug-likeness (QED) is 0.648. The van der Waals surface area contributed by atoms with Gasteiger partial charge in [0.15, 0.2) is 0 Å². The molecule has 1 heterocycles. The molecule has 0 saturated carbocycles. The molecule has 0 atom stereocenters. The first-order valence-corrected chi connectivity index (χ1v) is 9.31. The molecule has 3 rings (SSSR count). The Labute approximate surface area is 155 Å². The molecule has 1 aromatic heterocycles. The van der Waals surface area contributed by atoms with Crippen molar-refractivity contribution in [2.75, 3.05) is 13.1 Å². The van der Waals surface area contributed by atoms with E-state index in [0.717, 1.165) is 41.7 Å². The van der Waals surface area contributed by atoms with E-state index in [-0.39, 0.29) is 5.91 Å². The molecule has 0 bridgehead atoms. The van der Waals surface area contributed by atoms with Crippen LogP contribution in [0.25, 0.3) is 10.9 Å². The minimum Gasteiger partial charge on any atom is -0.361 e. The average Bonchev–Trinajstić information content (AvgIpc) is 3.08. The van der Waals surface area contributed by atoms with Crippen LogP contribution in [-0.2, 0) is 24.3 Å². The van der Waals surface area contributed by atoms with Crippen LogP contribution in [0.4, 0.5) is 0 Å². The lowest BCUT2D eigenvalue weighted by atomic mass is 10.1. The van der Waals surface area contributed by atoms with Crippen molar-refractivity contribution in [2.24, 2.45) is 0 Å². The number of amides is 1. The van der Waals surface area contributed by atoms with E-state index < -0.39 is 0 Å². The molecule has 0 aliphatic heterocycles. The van der Waals surface area contributed by atoms with Crippen molar-refractivity contribution in [3.8, 4) is 0 Å². The van der Waals surface area contributed by atoms with Crippen molar-refractivity contribution >= 4 is 16.8 Å². The van der Waals surface area contributed by atoms with E-state index in [0.29, 0.717) is 13.0 Å². The molecule has 0 spiro atoms. The van der Waals surface area contributed by atoms with Crippen LogP contribution in [0.5, 0.6) is 0 Å². The molecule has 2 N–H and O–H groups in total. The smallest absolute Gasteiger partial charge is 0.224 e. The third kappa shape index (κ3) is 4.52. The number of rotatable bonds is 8. The Bertz CT molecular complexity index is 847. The Morgan fingerprint density at radius 1 is 1.00 bits per heavy atom. The number of nitrogens with zero attached hydrogens (tertiary/aromatic N) is 1. The summed E-state index contributed by atoms with van der Waals surface area (Å²) in [5.41, 5.74) is 4.54. The highest BCUT2D eigenvalue weighted by Crippen LogP contribution is 2.18. The summed E-state index contributed by atoms with van der Waals surface area (Å²) in [5, 5.41) is 4.14. The second kappa shape index (κ2) is 8.68. The summed E-state index contributed by atoms with van der Waals surface area (Å²) in [5.74, 6) is 0.0435. The van der Waals surface area contributed by atoms with Crippen LogP contribution < -0.4 is 5.32 Å². The van der Waals surface area contributed by atoms with Gasteiger partial charge in [0.05, 0.1) is 6.42 Å². The van der Waals surface area contributed by atoms with Gasteiger partial charge in [0.25, 0.3) is 0 Å². The Kier molecular flexibility index (Phi) is 6.08. The number of hydrogen-bond acceptors (Lipinski definition) is 2. The molecule has 26 heavy (non-hydrogen) atoms. The van der Waals surface area contributed by atoms with Gasteiger partial charge in [0.2, 0.25) is 5.91 Å². The number of hydrogen-bond donors (Lipinski definition) is 2. The second-order valence-electron chi connectivity index (χ2n) is 6.59. The molecule has 0 saturated heterocycles. The lowest BCUT2D eigenvalue weighted by molar-refractivity contribution is -0.120. The molecule has 1 amide bonds. The Morgan fingerprint density at radius 3 is 2.42 bits per heavy atom. The second-order valence-corrected chi connectivity index (χ2v) is 6.59. The number of H-pyrrole nitrogens is 1. The zero-order valence-electron chi connectivity index (χ0n) is 15.6. The fourth-order valence-electron chi connectivity index (χ4n) is 3.18. The molecule has 0 aliphatic carbocycles. The zero-order valence-corrected chi connectivity index (χ0v) is 15.6. The van der Waals surface area contributed by atoms with Gasteiger partial charge in [-0.15, -0.1) is 0 Å². The van der Waals surface area contributed by atoms with Crippen LogP contribution >= 0.6 is 0 Å². The largest absolute Gasteiger partial charge is 0.361 e. The third-order valence-electron chi connectivity index (χ3n) is 4.84. The van der Waals surface area contributed by atoms with Crippen molar-refractivity contribution in [1.29, 1.82) is 0 Å². The minimum atomic E-state index is 0.0435. The van der Waals surface area contributed by atoms with E-state index in [1.807, 2.05) is 30.5 Å². The number of carbonyl (C=O) groups is 1. The number of carbonyl (C=O) groups excluding carboxylic acids is 1. The standard InChI is InChI=1S/C22H27N3O/c1-3-25(4-2)16-18-11-9-17(10-12-18)14-24-22(26)13-19-15-23-21-8-6-5-7-20(19)21/h5-12,15,23H,3-4,13-14,16H2,1-2H3,(H,24,26). The fourth-order valence-corrected chi connectivity index (χ4v) is 3.18. The van der Waals surface area contributed by atoms with Crippen LogP contribution in [0.2, 0.25) is 0 Å². The van der Waals surface area contributed by atoms with Gasteiger partial charge in [0.1, 0.15) is 0 Å². The van der Waals surface area contributed by atoms with Gasteiger partial charge in [-0.1, -0.05) is 56.3 Å². The van der Waals surface area contributed by atoms with E-state index in [1.54, 1.807) is 0 Å². The van der Waals surface area contributed by atoms with E-state index in [1.165, 1.54) is 5.56 Å². The number of fused-ring (bicyclic) bond motifs is 1. The van der Waals surface area contributed by atoms with Gasteiger partial charge in [0, 0.05) is 30.2 Å². The Hall–Kier alpha value is -2.59. The first-order chi connectivity index (χ1) is 12.7. The van der Waals surface area contributed by atoms with E-state index in [2.05, 4.69) is 53.3 Å². The highest BCUT2D eigenvalue weighted by Gasteiger charge is 2.08. The summed E-state index contributed by atoms with van der Waals surface area (Å²) >= 11 is 0. The number of benzene rings is 2. The zero-order chi connectivity index (χ0) is 18.4. The minimum absolute atomic E-state index is 0.0435. The number of aromatic nitrogens is 1. The van der Waals surface area contributed by atoms with Crippen LogP contribution in [-0.4, -0.2) is 28.9 Å². The fraction of sp³-hybridized carbons (Fsp3) is 0.318. The molecule has 4 nitrogen and oxygen atoms in total. The summed E-state index contributed by atoms with van der Waals surface area (Å²) in [6.45, 7) is 8.01. The van der Waals surface area contributed by atoms with E-state index >= 15 is 0 Å². The lowest BCUT2D eigenvalue weighted by Crippen LogP contribution is -2.24. The number of para-hydroxylation sites is 1. The van der Waals surface area contributed by atoms with E-state index in [4.69, 9.17) is 0 Å². The van der Waals surface area contributed by atoms with Crippen molar-refractivity contribution < 1.29 is 4.79 Å². The van der Waals surface area contributed by atoms with Crippen LogP contribution in [0.1, 0.15) is 30.5 Å². The maximum Gasteiger partial charge on any atom is 0.224 e. The molecular weight excluding hydrogens is 322 g/mol. The predicted molar refractivity (Wildman–Crippen MR) is 107 cm³/mol. The monoisotopic (exact) mass is 349 g/mol. The Balaban J connectivity index is 1.53. The van der Waals surface area contributed by atoms with Gasteiger partial charge in [-0.05, 0) is 35.8 Å². The van der Waals surface area contributed by atoms with E-state index in [9.17, 15) is 4.79 Å². The first-order valence-electron chi connectivity index (χ1n) is 9.31.